The van der Waals surface area contributed by atoms with Gasteiger partial charge in [0.25, 0.3) is 0 Å². The van der Waals surface area contributed by atoms with Crippen molar-refractivity contribution in [3.63, 3.8) is 0 Å². The summed E-state index contributed by atoms with van der Waals surface area (Å²) in [5.41, 5.74) is -0.257. The van der Waals surface area contributed by atoms with Crippen LogP contribution in [0.15, 0.2) is 16.6 Å². The van der Waals surface area contributed by atoms with Crippen LogP contribution in [-0.2, 0) is 0 Å². The Bertz CT molecular complexity index is 376. The lowest BCUT2D eigenvalue weighted by Gasteiger charge is -2.05. The number of carboxylic acids is 2. The van der Waals surface area contributed by atoms with Crippen LogP contribution < -0.4 is 5.46 Å². The van der Waals surface area contributed by atoms with E-state index in [4.69, 9.17) is 18.1 Å². The van der Waals surface area contributed by atoms with E-state index in [0.717, 1.165) is 6.07 Å². The summed E-state index contributed by atoms with van der Waals surface area (Å²) in [7, 11) is 5.36. The van der Waals surface area contributed by atoms with Gasteiger partial charge in [-0.1, -0.05) is 11.5 Å². The van der Waals surface area contributed by atoms with Gasteiger partial charge in [0.2, 0.25) is 0 Å². The van der Waals surface area contributed by atoms with E-state index in [1.165, 1.54) is 6.07 Å². The van der Waals surface area contributed by atoms with Crippen molar-refractivity contribution in [1.29, 1.82) is 0 Å². The van der Waals surface area contributed by atoms with E-state index < -0.39 is 11.9 Å². The lowest BCUT2D eigenvalue weighted by Crippen LogP contribution is -2.18. The summed E-state index contributed by atoms with van der Waals surface area (Å²) >= 11 is 2.95. The summed E-state index contributed by atoms with van der Waals surface area (Å²) in [5.74, 6) is -2.36. The lowest BCUT2D eigenvalue weighted by atomic mass is 9.89. The van der Waals surface area contributed by atoms with Gasteiger partial charge in [-0.05, 0) is 22.0 Å². The van der Waals surface area contributed by atoms with E-state index in [1.54, 1.807) is 0 Å². The van der Waals surface area contributed by atoms with Crippen LogP contribution in [0, 0.1) is 0 Å². The number of rotatable bonds is 2. The molecular formula is C8H4BBrO4. The van der Waals surface area contributed by atoms with Gasteiger partial charge in [-0.3, -0.25) is 0 Å². The molecule has 2 radical (unpaired) electrons. The SMILES string of the molecule is [B]c1cc(C(=O)O)c(Br)cc1C(=O)O. The molecule has 0 unspecified atom stereocenters. The topological polar surface area (TPSA) is 74.6 Å². The number of benzene rings is 1. The molecular weight excluding hydrogens is 251 g/mol. The molecule has 0 amide bonds. The Morgan fingerprint density at radius 1 is 1.14 bits per heavy atom. The molecule has 2 N–H and O–H groups in total. The van der Waals surface area contributed by atoms with Crippen molar-refractivity contribution in [3.8, 4) is 0 Å². The first-order chi connectivity index (χ1) is 6.43. The molecule has 0 aliphatic heterocycles. The molecule has 0 heterocycles. The zero-order chi connectivity index (χ0) is 10.9. The number of hydrogen-bond acceptors (Lipinski definition) is 2. The third-order valence-corrected chi connectivity index (χ3v) is 2.26. The highest BCUT2D eigenvalue weighted by molar-refractivity contribution is 9.10. The highest BCUT2D eigenvalue weighted by Crippen LogP contribution is 2.17. The molecule has 70 valence electrons. The van der Waals surface area contributed by atoms with Crippen LogP contribution in [0.5, 0.6) is 0 Å². The molecule has 1 rings (SSSR count). The van der Waals surface area contributed by atoms with Crippen LogP contribution >= 0.6 is 15.9 Å². The zero-order valence-electron chi connectivity index (χ0n) is 6.82. The van der Waals surface area contributed by atoms with E-state index in [2.05, 4.69) is 15.9 Å². The maximum absolute atomic E-state index is 10.6. The zero-order valence-corrected chi connectivity index (χ0v) is 8.41. The van der Waals surface area contributed by atoms with Crippen molar-refractivity contribution >= 4 is 41.2 Å². The first kappa shape index (κ1) is 10.8. The second-order valence-corrected chi connectivity index (χ2v) is 3.38. The van der Waals surface area contributed by atoms with Gasteiger partial charge in [0.15, 0.2) is 0 Å². The maximum Gasteiger partial charge on any atom is 0.336 e. The Labute approximate surface area is 89.1 Å². The van der Waals surface area contributed by atoms with Crippen LogP contribution in [0.1, 0.15) is 20.7 Å². The van der Waals surface area contributed by atoms with Gasteiger partial charge in [-0.2, -0.15) is 0 Å². The molecule has 0 spiro atoms. The summed E-state index contributed by atoms with van der Waals surface area (Å²) < 4.78 is 0.191. The van der Waals surface area contributed by atoms with Gasteiger partial charge >= 0.3 is 11.9 Å². The number of carbonyl (C=O) groups is 2. The van der Waals surface area contributed by atoms with E-state index in [9.17, 15) is 9.59 Å². The van der Waals surface area contributed by atoms with Crippen molar-refractivity contribution in [2.75, 3.05) is 0 Å². The van der Waals surface area contributed by atoms with Gasteiger partial charge in [0.05, 0.1) is 11.1 Å². The quantitative estimate of drug-likeness (QED) is 0.760. The predicted molar refractivity (Wildman–Crippen MR) is 53.4 cm³/mol. The minimum Gasteiger partial charge on any atom is -0.478 e. The average Bonchev–Trinajstić information content (AvgIpc) is 2.07. The Morgan fingerprint density at radius 3 is 2.07 bits per heavy atom. The maximum atomic E-state index is 10.6. The van der Waals surface area contributed by atoms with Crippen LogP contribution in [0.2, 0.25) is 0 Å². The molecule has 0 aliphatic carbocycles. The Balaban J connectivity index is 3.38. The smallest absolute Gasteiger partial charge is 0.336 e. The summed E-state index contributed by atoms with van der Waals surface area (Å²) in [6.07, 6.45) is 0. The Morgan fingerprint density at radius 2 is 1.64 bits per heavy atom. The van der Waals surface area contributed by atoms with Crippen molar-refractivity contribution < 1.29 is 19.8 Å². The van der Waals surface area contributed by atoms with Gasteiger partial charge in [-0.25, -0.2) is 9.59 Å². The molecule has 0 saturated carbocycles. The normalized spacial score (nSPS) is 9.79. The van der Waals surface area contributed by atoms with Gasteiger partial charge in [-0.15, -0.1) is 0 Å². The van der Waals surface area contributed by atoms with E-state index in [1.807, 2.05) is 0 Å². The number of aromatic carboxylic acids is 2. The van der Waals surface area contributed by atoms with E-state index in [0.29, 0.717) is 0 Å². The lowest BCUT2D eigenvalue weighted by molar-refractivity contribution is 0.0681. The second kappa shape index (κ2) is 3.83. The van der Waals surface area contributed by atoms with Crippen LogP contribution in [0.3, 0.4) is 0 Å². The van der Waals surface area contributed by atoms with Crippen LogP contribution in [0.4, 0.5) is 0 Å². The Hall–Kier alpha value is -1.30. The van der Waals surface area contributed by atoms with Gasteiger partial charge in [0, 0.05) is 4.47 Å². The Kier molecular flexibility index (Phi) is 2.95. The molecule has 0 fully saturated rings. The summed E-state index contributed by atoms with van der Waals surface area (Å²) in [4.78, 5) is 21.2. The molecule has 6 heteroatoms. The molecule has 4 nitrogen and oxygen atoms in total. The predicted octanol–water partition coefficient (Wildman–Crippen LogP) is 0.639. The van der Waals surface area contributed by atoms with Crippen molar-refractivity contribution in [2.24, 2.45) is 0 Å². The van der Waals surface area contributed by atoms with Crippen molar-refractivity contribution in [3.05, 3.63) is 27.7 Å². The molecule has 1 aromatic rings. The first-order valence-corrected chi connectivity index (χ1v) is 4.28. The second-order valence-electron chi connectivity index (χ2n) is 2.53. The fourth-order valence-electron chi connectivity index (χ4n) is 0.939. The minimum absolute atomic E-state index is 0.0625. The highest BCUT2D eigenvalue weighted by atomic mass is 79.9. The fraction of sp³-hybridized carbons (Fsp3) is 0. The van der Waals surface area contributed by atoms with Crippen molar-refractivity contribution in [2.45, 2.75) is 0 Å². The molecule has 14 heavy (non-hydrogen) atoms. The third kappa shape index (κ3) is 1.96. The van der Waals surface area contributed by atoms with Gasteiger partial charge in [0.1, 0.15) is 7.85 Å². The number of carboxylic acid groups (broad SMARTS) is 2. The van der Waals surface area contributed by atoms with Crippen LogP contribution in [-0.4, -0.2) is 30.0 Å². The minimum atomic E-state index is -1.19. The molecule has 0 saturated heterocycles. The third-order valence-electron chi connectivity index (χ3n) is 1.60. The summed E-state index contributed by atoms with van der Waals surface area (Å²) in [5, 5.41) is 17.4. The molecule has 0 aliphatic rings. The largest absolute Gasteiger partial charge is 0.478 e. The van der Waals surface area contributed by atoms with E-state index in [-0.39, 0.29) is 21.1 Å². The highest BCUT2D eigenvalue weighted by Gasteiger charge is 2.14. The first-order valence-electron chi connectivity index (χ1n) is 3.49. The monoisotopic (exact) mass is 254 g/mol. The molecule has 0 bridgehead atoms. The van der Waals surface area contributed by atoms with E-state index >= 15 is 0 Å². The summed E-state index contributed by atoms with van der Waals surface area (Å²) in [6.45, 7) is 0. The number of halogens is 1. The van der Waals surface area contributed by atoms with Gasteiger partial charge < -0.3 is 10.2 Å². The standard InChI is InChI=1S/C8H4BBrO4/c9-5-1-4(8(13)14)6(10)2-3(5)7(11)12/h1-2H,(H,11,12)(H,13,14). The fourth-order valence-corrected chi connectivity index (χ4v) is 1.45. The molecule has 1 aromatic carbocycles. The van der Waals surface area contributed by atoms with Crippen LogP contribution in [0.25, 0.3) is 0 Å². The number of hydrogen-bond donors (Lipinski definition) is 2. The average molecular weight is 255 g/mol. The summed E-state index contributed by atoms with van der Waals surface area (Å²) in [6, 6.07) is 2.27. The molecule has 0 atom stereocenters. The molecule has 0 aromatic heterocycles. The van der Waals surface area contributed by atoms with Crippen molar-refractivity contribution in [1.82, 2.24) is 0 Å².